The highest BCUT2D eigenvalue weighted by Crippen LogP contribution is 2.31. The van der Waals surface area contributed by atoms with Crippen molar-refractivity contribution in [2.45, 2.75) is 52.0 Å². The molecule has 3 heteroatoms. The van der Waals surface area contributed by atoms with E-state index in [9.17, 15) is 0 Å². The maximum atomic E-state index is 4.54. The van der Waals surface area contributed by atoms with Crippen molar-refractivity contribution < 1.29 is 0 Å². The molecule has 0 radical (unpaired) electrons. The molecule has 2 fully saturated rings. The number of thiazole rings is 1. The van der Waals surface area contributed by atoms with Crippen molar-refractivity contribution in [3.8, 4) is 10.4 Å². The van der Waals surface area contributed by atoms with Crippen LogP contribution in [0.25, 0.3) is 16.5 Å². The maximum Gasteiger partial charge on any atom is 0.0903 e. The topological polar surface area (TPSA) is 16.1 Å². The van der Waals surface area contributed by atoms with Crippen molar-refractivity contribution >= 4 is 17.4 Å². The molecule has 2 aromatic rings. The zero-order valence-electron chi connectivity index (χ0n) is 14.7. The molecule has 24 heavy (non-hydrogen) atoms. The monoisotopic (exact) mass is 338 g/mol. The van der Waals surface area contributed by atoms with E-state index in [1.165, 1.54) is 61.2 Å². The standard InChI is InChI=1S/C21H26N2S/c1-15-21(24-16(2)22-15)19-8-6-17(7-9-19)14-18-10-12-23(13-11-18)20-4-3-5-20/h6-9,14,20H,3-5,10-13H2,1-2H3. The van der Waals surface area contributed by atoms with Crippen molar-refractivity contribution in [1.82, 2.24) is 9.88 Å². The van der Waals surface area contributed by atoms with Crippen LogP contribution in [0.15, 0.2) is 29.8 Å². The Hall–Kier alpha value is -1.45. The van der Waals surface area contributed by atoms with E-state index in [4.69, 9.17) is 0 Å². The Morgan fingerprint density at radius 1 is 1.08 bits per heavy atom. The third-order valence-corrected chi connectivity index (χ3v) is 6.60. The van der Waals surface area contributed by atoms with Gasteiger partial charge in [0.15, 0.2) is 0 Å². The van der Waals surface area contributed by atoms with Gasteiger partial charge >= 0.3 is 0 Å². The first-order valence-corrected chi connectivity index (χ1v) is 9.98. The molecule has 0 atom stereocenters. The molecule has 2 heterocycles. The highest BCUT2D eigenvalue weighted by Gasteiger charge is 2.26. The Bertz CT molecular complexity index is 728. The van der Waals surface area contributed by atoms with Gasteiger partial charge in [-0.3, -0.25) is 4.90 Å². The van der Waals surface area contributed by atoms with Crippen LogP contribution in [-0.2, 0) is 0 Å². The van der Waals surface area contributed by atoms with Gasteiger partial charge in [-0.1, -0.05) is 42.3 Å². The van der Waals surface area contributed by atoms with Crippen LogP contribution in [0.4, 0.5) is 0 Å². The molecule has 0 N–H and O–H groups in total. The highest BCUT2D eigenvalue weighted by atomic mass is 32.1. The van der Waals surface area contributed by atoms with Gasteiger partial charge < -0.3 is 0 Å². The molecule has 0 unspecified atom stereocenters. The number of rotatable bonds is 3. The lowest BCUT2D eigenvalue weighted by Gasteiger charge is -2.40. The summed E-state index contributed by atoms with van der Waals surface area (Å²) >= 11 is 1.79. The Kier molecular flexibility index (Phi) is 4.55. The van der Waals surface area contributed by atoms with Crippen LogP contribution in [0.2, 0.25) is 0 Å². The molecule has 1 aromatic carbocycles. The predicted octanol–water partition coefficient (Wildman–Crippen LogP) is 5.46. The summed E-state index contributed by atoms with van der Waals surface area (Å²) in [4.78, 5) is 8.55. The number of likely N-dealkylation sites (tertiary alicyclic amines) is 1. The van der Waals surface area contributed by atoms with E-state index in [0.717, 1.165) is 16.7 Å². The smallest absolute Gasteiger partial charge is 0.0903 e. The molecule has 2 nitrogen and oxygen atoms in total. The fourth-order valence-electron chi connectivity index (χ4n) is 3.84. The zero-order chi connectivity index (χ0) is 16.5. The normalized spacial score (nSPS) is 19.3. The fraction of sp³-hybridized carbons (Fsp3) is 0.476. The van der Waals surface area contributed by atoms with E-state index in [0.29, 0.717) is 0 Å². The quantitative estimate of drug-likeness (QED) is 0.739. The van der Waals surface area contributed by atoms with Crippen LogP contribution >= 0.6 is 11.3 Å². The Labute approximate surface area is 149 Å². The molecule has 0 amide bonds. The van der Waals surface area contributed by atoms with Crippen molar-refractivity contribution in [1.29, 1.82) is 0 Å². The summed E-state index contributed by atoms with van der Waals surface area (Å²) < 4.78 is 0. The highest BCUT2D eigenvalue weighted by molar-refractivity contribution is 7.15. The molecule has 1 aliphatic heterocycles. The number of hydrogen-bond donors (Lipinski definition) is 0. The number of hydrogen-bond acceptors (Lipinski definition) is 3. The SMILES string of the molecule is Cc1nc(C)c(-c2ccc(C=C3CCN(C4CCC4)CC3)cc2)s1. The summed E-state index contributed by atoms with van der Waals surface area (Å²) in [5.41, 5.74) is 5.39. The van der Waals surface area contributed by atoms with E-state index in [-0.39, 0.29) is 0 Å². The van der Waals surface area contributed by atoms with Gasteiger partial charge in [-0.25, -0.2) is 4.98 Å². The summed E-state index contributed by atoms with van der Waals surface area (Å²) in [6, 6.07) is 9.91. The largest absolute Gasteiger partial charge is 0.300 e. The minimum Gasteiger partial charge on any atom is -0.300 e. The second-order valence-corrected chi connectivity index (χ2v) is 8.40. The zero-order valence-corrected chi connectivity index (χ0v) is 15.5. The first-order valence-electron chi connectivity index (χ1n) is 9.17. The van der Waals surface area contributed by atoms with Crippen LogP contribution in [-0.4, -0.2) is 29.0 Å². The van der Waals surface area contributed by atoms with Crippen LogP contribution < -0.4 is 0 Å². The lowest BCUT2D eigenvalue weighted by molar-refractivity contribution is 0.118. The second kappa shape index (κ2) is 6.81. The Balaban J connectivity index is 1.43. The fourth-order valence-corrected chi connectivity index (χ4v) is 4.76. The van der Waals surface area contributed by atoms with E-state index in [1.54, 1.807) is 16.9 Å². The Morgan fingerprint density at radius 2 is 1.79 bits per heavy atom. The molecule has 4 rings (SSSR count). The molecule has 1 saturated carbocycles. The van der Waals surface area contributed by atoms with E-state index in [1.807, 2.05) is 0 Å². The minimum absolute atomic E-state index is 0.900. The van der Waals surface area contributed by atoms with E-state index in [2.05, 4.69) is 54.1 Å². The summed E-state index contributed by atoms with van der Waals surface area (Å²) in [7, 11) is 0. The van der Waals surface area contributed by atoms with Gasteiger partial charge in [0.25, 0.3) is 0 Å². The third-order valence-electron chi connectivity index (χ3n) is 5.48. The van der Waals surface area contributed by atoms with Gasteiger partial charge in [0.2, 0.25) is 0 Å². The van der Waals surface area contributed by atoms with Gasteiger partial charge in [-0.05, 0) is 50.7 Å². The molecule has 2 aliphatic rings. The molecular weight excluding hydrogens is 312 g/mol. The lowest BCUT2D eigenvalue weighted by atomic mass is 9.89. The van der Waals surface area contributed by atoms with Crippen LogP contribution in [0.5, 0.6) is 0 Å². The van der Waals surface area contributed by atoms with Gasteiger partial charge in [0.1, 0.15) is 0 Å². The van der Waals surface area contributed by atoms with Crippen LogP contribution in [0, 0.1) is 13.8 Å². The molecule has 0 bridgehead atoms. The molecular formula is C21H26N2S. The van der Waals surface area contributed by atoms with Crippen molar-refractivity contribution in [3.05, 3.63) is 46.1 Å². The molecule has 126 valence electrons. The predicted molar refractivity (Wildman–Crippen MR) is 103 cm³/mol. The van der Waals surface area contributed by atoms with Crippen molar-refractivity contribution in [3.63, 3.8) is 0 Å². The van der Waals surface area contributed by atoms with Crippen molar-refractivity contribution in [2.24, 2.45) is 0 Å². The third kappa shape index (κ3) is 3.33. The number of aromatic nitrogens is 1. The second-order valence-electron chi connectivity index (χ2n) is 7.19. The molecule has 1 saturated heterocycles. The maximum absolute atomic E-state index is 4.54. The molecule has 0 spiro atoms. The molecule has 1 aromatic heterocycles. The average molecular weight is 339 g/mol. The van der Waals surface area contributed by atoms with Gasteiger partial charge in [-0.2, -0.15) is 0 Å². The summed E-state index contributed by atoms with van der Waals surface area (Å²) in [5.74, 6) is 0. The van der Waals surface area contributed by atoms with Crippen LogP contribution in [0.3, 0.4) is 0 Å². The van der Waals surface area contributed by atoms with Gasteiger partial charge in [0, 0.05) is 19.1 Å². The Morgan fingerprint density at radius 3 is 2.33 bits per heavy atom. The number of aryl methyl sites for hydroxylation is 2. The van der Waals surface area contributed by atoms with Crippen LogP contribution in [0.1, 0.15) is 48.4 Å². The number of nitrogens with zero attached hydrogens (tertiary/aromatic N) is 2. The first-order chi connectivity index (χ1) is 11.7. The summed E-state index contributed by atoms with van der Waals surface area (Å²) in [6.07, 6.45) is 9.19. The van der Waals surface area contributed by atoms with Crippen molar-refractivity contribution in [2.75, 3.05) is 13.1 Å². The number of piperidine rings is 1. The minimum atomic E-state index is 0.900. The summed E-state index contributed by atoms with van der Waals surface area (Å²) in [6.45, 7) is 6.70. The average Bonchev–Trinajstić information content (AvgIpc) is 2.87. The number of benzene rings is 1. The van der Waals surface area contributed by atoms with Gasteiger partial charge in [0.05, 0.1) is 15.6 Å². The molecule has 1 aliphatic carbocycles. The van der Waals surface area contributed by atoms with E-state index < -0.39 is 0 Å². The first kappa shape index (κ1) is 16.0. The summed E-state index contributed by atoms with van der Waals surface area (Å²) in [5, 5.41) is 1.15. The lowest BCUT2D eigenvalue weighted by Crippen LogP contribution is -2.43. The van der Waals surface area contributed by atoms with E-state index >= 15 is 0 Å². The van der Waals surface area contributed by atoms with Gasteiger partial charge in [-0.15, -0.1) is 11.3 Å².